The summed E-state index contributed by atoms with van der Waals surface area (Å²) >= 11 is 0. The molecule has 130 valence electrons. The Bertz CT molecular complexity index is 851. The summed E-state index contributed by atoms with van der Waals surface area (Å²) in [5.74, 6) is 2.34. The van der Waals surface area contributed by atoms with Crippen LogP contribution in [0.4, 0.5) is 5.82 Å². The van der Waals surface area contributed by atoms with E-state index in [0.29, 0.717) is 5.92 Å². The molecule has 1 N–H and O–H groups in total. The largest absolute Gasteiger partial charge is 0.367 e. The predicted molar refractivity (Wildman–Crippen MR) is 98.5 cm³/mol. The van der Waals surface area contributed by atoms with Crippen LogP contribution in [-0.2, 0) is 13.5 Å². The van der Waals surface area contributed by atoms with Crippen molar-refractivity contribution in [2.24, 2.45) is 7.05 Å². The summed E-state index contributed by atoms with van der Waals surface area (Å²) < 4.78 is 1.84. The predicted octanol–water partition coefficient (Wildman–Crippen LogP) is 3.46. The maximum atomic E-state index is 4.89. The van der Waals surface area contributed by atoms with Gasteiger partial charge in [0, 0.05) is 31.4 Å². The Morgan fingerprint density at radius 2 is 2.08 bits per heavy atom. The highest BCUT2D eigenvalue weighted by Crippen LogP contribution is 2.34. The Hall–Kier alpha value is -2.50. The molecule has 3 aromatic heterocycles. The molecule has 3 heterocycles. The van der Waals surface area contributed by atoms with E-state index in [1.807, 2.05) is 30.2 Å². The number of hydrogen-bond acceptors (Lipinski definition) is 5. The van der Waals surface area contributed by atoms with Crippen LogP contribution in [0.15, 0.2) is 30.7 Å². The van der Waals surface area contributed by atoms with Gasteiger partial charge < -0.3 is 5.32 Å². The quantitative estimate of drug-likeness (QED) is 0.773. The van der Waals surface area contributed by atoms with Gasteiger partial charge in [0.2, 0.25) is 0 Å². The summed E-state index contributed by atoms with van der Waals surface area (Å²) in [6, 6.07) is 4.33. The van der Waals surface area contributed by atoms with Crippen molar-refractivity contribution in [3.63, 3.8) is 0 Å². The Balaban J connectivity index is 1.63. The number of nitrogens with zero attached hydrogens (tertiary/aromatic N) is 5. The molecule has 0 amide bonds. The SMILES string of the molecule is C[C@H](Cc1cccnc1)Nc1nc(C2CCCC2)nc2c1cnn2C. The topological polar surface area (TPSA) is 68.5 Å². The zero-order valence-corrected chi connectivity index (χ0v) is 14.8. The first-order valence-corrected chi connectivity index (χ1v) is 9.06. The first-order chi connectivity index (χ1) is 12.2. The third-order valence-corrected chi connectivity index (χ3v) is 4.98. The second kappa shape index (κ2) is 6.78. The van der Waals surface area contributed by atoms with Gasteiger partial charge in [-0.1, -0.05) is 18.9 Å². The first-order valence-electron chi connectivity index (χ1n) is 9.06. The average Bonchev–Trinajstić information content (AvgIpc) is 3.26. The van der Waals surface area contributed by atoms with Crippen molar-refractivity contribution in [2.45, 2.75) is 51.0 Å². The number of anilines is 1. The number of fused-ring (bicyclic) bond motifs is 1. The van der Waals surface area contributed by atoms with Crippen LogP contribution in [0.25, 0.3) is 11.0 Å². The molecule has 6 heteroatoms. The third-order valence-electron chi connectivity index (χ3n) is 4.98. The van der Waals surface area contributed by atoms with E-state index >= 15 is 0 Å². The van der Waals surface area contributed by atoms with E-state index in [1.54, 1.807) is 6.20 Å². The Kier molecular flexibility index (Phi) is 4.34. The molecular formula is C19H24N6. The van der Waals surface area contributed by atoms with Crippen molar-refractivity contribution < 1.29 is 0 Å². The lowest BCUT2D eigenvalue weighted by Crippen LogP contribution is -2.20. The minimum atomic E-state index is 0.249. The van der Waals surface area contributed by atoms with Crippen LogP contribution in [0.1, 0.15) is 49.9 Å². The summed E-state index contributed by atoms with van der Waals surface area (Å²) in [4.78, 5) is 13.9. The molecular weight excluding hydrogens is 312 g/mol. The fraction of sp³-hybridized carbons (Fsp3) is 0.474. The van der Waals surface area contributed by atoms with Crippen LogP contribution in [0, 0.1) is 0 Å². The van der Waals surface area contributed by atoms with E-state index in [1.165, 1.54) is 31.2 Å². The molecule has 1 fully saturated rings. The average molecular weight is 336 g/mol. The van der Waals surface area contributed by atoms with Gasteiger partial charge in [0.1, 0.15) is 11.6 Å². The lowest BCUT2D eigenvalue weighted by Gasteiger charge is -2.17. The van der Waals surface area contributed by atoms with Crippen molar-refractivity contribution >= 4 is 16.9 Å². The standard InChI is InChI=1S/C19H24N6/c1-13(10-14-6-5-9-20-11-14)22-18-16-12-21-25(2)19(16)24-17(23-18)15-7-3-4-8-15/h5-6,9,11-13,15H,3-4,7-8,10H2,1-2H3,(H,22,23,24)/t13-/m1/s1. The van der Waals surface area contributed by atoms with Gasteiger partial charge in [-0.05, 0) is 37.8 Å². The summed E-state index contributed by atoms with van der Waals surface area (Å²) in [6.45, 7) is 2.17. The third kappa shape index (κ3) is 3.34. The number of rotatable bonds is 5. The maximum absolute atomic E-state index is 4.89. The van der Waals surface area contributed by atoms with Gasteiger partial charge in [-0.15, -0.1) is 0 Å². The Morgan fingerprint density at radius 3 is 2.84 bits per heavy atom. The fourth-order valence-electron chi connectivity index (χ4n) is 3.67. The van der Waals surface area contributed by atoms with Crippen LogP contribution in [0.5, 0.6) is 0 Å². The molecule has 3 aromatic rings. The van der Waals surface area contributed by atoms with Crippen molar-refractivity contribution in [1.82, 2.24) is 24.7 Å². The summed E-state index contributed by atoms with van der Waals surface area (Å²) in [5.41, 5.74) is 2.13. The van der Waals surface area contributed by atoms with E-state index in [0.717, 1.165) is 29.1 Å². The molecule has 0 unspecified atom stereocenters. The number of hydrogen-bond donors (Lipinski definition) is 1. The van der Waals surface area contributed by atoms with Crippen LogP contribution < -0.4 is 5.32 Å². The number of aromatic nitrogens is 5. The Morgan fingerprint density at radius 1 is 1.24 bits per heavy atom. The van der Waals surface area contributed by atoms with Gasteiger partial charge in [-0.3, -0.25) is 9.67 Å². The highest BCUT2D eigenvalue weighted by Gasteiger charge is 2.22. The van der Waals surface area contributed by atoms with Gasteiger partial charge in [0.25, 0.3) is 0 Å². The molecule has 1 saturated carbocycles. The molecule has 25 heavy (non-hydrogen) atoms. The van der Waals surface area contributed by atoms with Crippen LogP contribution in [0.2, 0.25) is 0 Å². The van der Waals surface area contributed by atoms with E-state index in [-0.39, 0.29) is 6.04 Å². The van der Waals surface area contributed by atoms with E-state index in [4.69, 9.17) is 9.97 Å². The van der Waals surface area contributed by atoms with E-state index in [9.17, 15) is 0 Å². The second-order valence-corrected chi connectivity index (χ2v) is 7.03. The van der Waals surface area contributed by atoms with Gasteiger partial charge in [-0.25, -0.2) is 9.97 Å². The molecule has 1 atom stereocenters. The van der Waals surface area contributed by atoms with E-state index < -0.39 is 0 Å². The van der Waals surface area contributed by atoms with Crippen LogP contribution in [0.3, 0.4) is 0 Å². The van der Waals surface area contributed by atoms with Crippen molar-refractivity contribution in [3.8, 4) is 0 Å². The second-order valence-electron chi connectivity index (χ2n) is 7.03. The lowest BCUT2D eigenvalue weighted by molar-refractivity contribution is 0.665. The van der Waals surface area contributed by atoms with Gasteiger partial charge in [0.05, 0.1) is 11.6 Å². The zero-order chi connectivity index (χ0) is 17.2. The van der Waals surface area contributed by atoms with Gasteiger partial charge >= 0.3 is 0 Å². The fourth-order valence-corrected chi connectivity index (χ4v) is 3.67. The first kappa shape index (κ1) is 16.0. The minimum absolute atomic E-state index is 0.249. The maximum Gasteiger partial charge on any atom is 0.163 e. The van der Waals surface area contributed by atoms with Crippen molar-refractivity contribution in [3.05, 3.63) is 42.1 Å². The summed E-state index contributed by atoms with van der Waals surface area (Å²) in [5, 5.41) is 8.95. The molecule has 4 rings (SSSR count). The monoisotopic (exact) mass is 336 g/mol. The number of aryl methyl sites for hydroxylation is 1. The van der Waals surface area contributed by atoms with Gasteiger partial charge in [0.15, 0.2) is 5.65 Å². The molecule has 1 aliphatic rings. The molecule has 0 aromatic carbocycles. The molecule has 0 radical (unpaired) electrons. The van der Waals surface area contributed by atoms with E-state index in [2.05, 4.69) is 28.4 Å². The smallest absolute Gasteiger partial charge is 0.163 e. The van der Waals surface area contributed by atoms with Crippen molar-refractivity contribution in [1.29, 1.82) is 0 Å². The molecule has 0 saturated heterocycles. The molecule has 6 nitrogen and oxygen atoms in total. The zero-order valence-electron chi connectivity index (χ0n) is 14.8. The molecule has 0 aliphatic heterocycles. The van der Waals surface area contributed by atoms with Crippen molar-refractivity contribution in [2.75, 3.05) is 5.32 Å². The Labute approximate surface area is 147 Å². The summed E-state index contributed by atoms with van der Waals surface area (Å²) in [6.07, 6.45) is 11.4. The lowest BCUT2D eigenvalue weighted by atomic mass is 10.1. The molecule has 1 aliphatic carbocycles. The van der Waals surface area contributed by atoms with Crippen LogP contribution in [-0.4, -0.2) is 30.8 Å². The normalized spacial score (nSPS) is 16.4. The highest BCUT2D eigenvalue weighted by atomic mass is 15.3. The minimum Gasteiger partial charge on any atom is -0.367 e. The number of pyridine rings is 1. The summed E-state index contributed by atoms with van der Waals surface area (Å²) in [7, 11) is 1.94. The number of nitrogens with one attached hydrogen (secondary N) is 1. The highest BCUT2D eigenvalue weighted by molar-refractivity contribution is 5.86. The van der Waals surface area contributed by atoms with Crippen LogP contribution >= 0.6 is 0 Å². The molecule has 0 bridgehead atoms. The van der Waals surface area contributed by atoms with Gasteiger partial charge in [-0.2, -0.15) is 5.10 Å². The molecule has 0 spiro atoms.